The number of nitrogens with one attached hydrogen (secondary N) is 2. The lowest BCUT2D eigenvalue weighted by molar-refractivity contribution is 0.358. The number of anilines is 2. The molecule has 0 spiro atoms. The first kappa shape index (κ1) is 19.1. The Morgan fingerprint density at radius 3 is 2.78 bits per heavy atom. The van der Waals surface area contributed by atoms with Crippen LogP contribution in [-0.2, 0) is 19.3 Å². The smallest absolute Gasteiger partial charge is 0.245 e. The fraction of sp³-hybridized carbons (Fsp3) is 0.280. The van der Waals surface area contributed by atoms with Crippen molar-refractivity contribution in [2.75, 3.05) is 32.1 Å². The molecule has 0 unspecified atom stereocenters. The number of para-hydroxylation sites is 1. The van der Waals surface area contributed by atoms with Gasteiger partial charge in [-0.3, -0.25) is 0 Å². The van der Waals surface area contributed by atoms with Crippen molar-refractivity contribution in [3.63, 3.8) is 0 Å². The standard InChI is InChI=1S/C25H25N5O2/c1-31-23-14-18-8-11-26-10-7-17(18)13-21(23)28-25-27-15-19-5-6-22(30(19)29-25)20-4-2-3-16-9-12-32-24(16)20/h2-6,13-15,26H,7-12H2,1H3,(H,28,29). The van der Waals surface area contributed by atoms with Gasteiger partial charge in [-0.25, -0.2) is 9.50 Å². The Labute approximate surface area is 186 Å². The summed E-state index contributed by atoms with van der Waals surface area (Å²) in [5.41, 5.74) is 7.77. The largest absolute Gasteiger partial charge is 0.495 e. The Kier molecular flexibility index (Phi) is 4.69. The maximum absolute atomic E-state index is 5.93. The maximum atomic E-state index is 5.93. The summed E-state index contributed by atoms with van der Waals surface area (Å²) in [6.45, 7) is 2.70. The zero-order valence-corrected chi connectivity index (χ0v) is 18.0. The molecular weight excluding hydrogens is 402 g/mol. The summed E-state index contributed by atoms with van der Waals surface area (Å²) in [6.07, 6.45) is 4.78. The van der Waals surface area contributed by atoms with Crippen LogP contribution in [0.15, 0.2) is 48.7 Å². The minimum atomic E-state index is 0.522. The summed E-state index contributed by atoms with van der Waals surface area (Å²) in [6, 6.07) is 14.7. The SMILES string of the molecule is COc1cc2c(cc1Nc1ncc3ccc(-c4cccc5c4OCC5)n3n1)CCNCC2. The first-order chi connectivity index (χ1) is 15.8. The molecule has 2 aliphatic heterocycles. The number of aromatic nitrogens is 3. The summed E-state index contributed by atoms with van der Waals surface area (Å²) >= 11 is 0. The molecular formula is C25H25N5O2. The van der Waals surface area contributed by atoms with E-state index in [-0.39, 0.29) is 0 Å². The van der Waals surface area contributed by atoms with Crippen LogP contribution in [0.1, 0.15) is 16.7 Å². The molecule has 162 valence electrons. The summed E-state index contributed by atoms with van der Waals surface area (Å²) in [5.74, 6) is 2.28. The first-order valence-corrected chi connectivity index (χ1v) is 11.1. The minimum absolute atomic E-state index is 0.522. The van der Waals surface area contributed by atoms with Crippen LogP contribution in [0.5, 0.6) is 11.5 Å². The molecule has 0 aliphatic carbocycles. The van der Waals surface area contributed by atoms with Crippen LogP contribution in [0.25, 0.3) is 16.8 Å². The van der Waals surface area contributed by atoms with E-state index < -0.39 is 0 Å². The van der Waals surface area contributed by atoms with E-state index in [2.05, 4.69) is 52.0 Å². The summed E-state index contributed by atoms with van der Waals surface area (Å²) in [5, 5.41) is 11.7. The molecule has 6 rings (SSSR count). The molecule has 0 saturated carbocycles. The fourth-order valence-corrected chi connectivity index (χ4v) is 4.67. The van der Waals surface area contributed by atoms with Crippen LogP contribution in [0.2, 0.25) is 0 Å². The van der Waals surface area contributed by atoms with Gasteiger partial charge in [0.2, 0.25) is 5.95 Å². The number of benzene rings is 2. The minimum Gasteiger partial charge on any atom is -0.495 e. The highest BCUT2D eigenvalue weighted by molar-refractivity contribution is 5.74. The van der Waals surface area contributed by atoms with E-state index in [1.165, 1.54) is 16.7 Å². The Bertz CT molecular complexity index is 1310. The molecule has 2 N–H and O–H groups in total. The molecule has 2 aromatic carbocycles. The van der Waals surface area contributed by atoms with Gasteiger partial charge < -0.3 is 20.1 Å². The number of methoxy groups -OCH3 is 1. The molecule has 7 nitrogen and oxygen atoms in total. The van der Waals surface area contributed by atoms with Gasteiger partial charge in [0.05, 0.1) is 36.8 Å². The first-order valence-electron chi connectivity index (χ1n) is 11.1. The second-order valence-corrected chi connectivity index (χ2v) is 8.23. The second-order valence-electron chi connectivity index (χ2n) is 8.23. The third-order valence-corrected chi connectivity index (χ3v) is 6.30. The molecule has 4 heterocycles. The van der Waals surface area contributed by atoms with Crippen LogP contribution in [0.4, 0.5) is 11.6 Å². The highest BCUT2D eigenvalue weighted by atomic mass is 16.5. The zero-order chi connectivity index (χ0) is 21.5. The number of nitrogens with zero attached hydrogens (tertiary/aromatic N) is 3. The molecule has 0 saturated heterocycles. The molecule has 0 amide bonds. The number of hydrogen-bond acceptors (Lipinski definition) is 6. The van der Waals surface area contributed by atoms with Crippen LogP contribution in [0, 0.1) is 0 Å². The van der Waals surface area contributed by atoms with E-state index in [0.717, 1.165) is 72.9 Å². The lowest BCUT2D eigenvalue weighted by Gasteiger charge is -2.15. The van der Waals surface area contributed by atoms with Crippen LogP contribution in [-0.4, -0.2) is 41.4 Å². The molecule has 0 fully saturated rings. The third-order valence-electron chi connectivity index (χ3n) is 6.30. The van der Waals surface area contributed by atoms with Gasteiger partial charge in [0.1, 0.15) is 11.5 Å². The molecule has 0 radical (unpaired) electrons. The van der Waals surface area contributed by atoms with E-state index in [9.17, 15) is 0 Å². The molecule has 2 aromatic heterocycles. The van der Waals surface area contributed by atoms with Crippen LogP contribution >= 0.6 is 0 Å². The summed E-state index contributed by atoms with van der Waals surface area (Å²) in [7, 11) is 1.70. The lowest BCUT2D eigenvalue weighted by Crippen LogP contribution is -2.16. The molecule has 0 bridgehead atoms. The predicted octanol–water partition coefficient (Wildman–Crippen LogP) is 3.77. The van der Waals surface area contributed by atoms with E-state index in [1.807, 2.05) is 16.8 Å². The van der Waals surface area contributed by atoms with Crippen molar-refractivity contribution in [1.29, 1.82) is 0 Å². The average molecular weight is 428 g/mol. The number of fused-ring (bicyclic) bond motifs is 3. The Morgan fingerprint density at radius 1 is 1.03 bits per heavy atom. The van der Waals surface area contributed by atoms with Gasteiger partial charge in [0.25, 0.3) is 0 Å². The van der Waals surface area contributed by atoms with Gasteiger partial charge in [0, 0.05) is 12.0 Å². The van der Waals surface area contributed by atoms with E-state index in [1.54, 1.807) is 7.11 Å². The van der Waals surface area contributed by atoms with Crippen molar-refractivity contribution in [3.05, 3.63) is 65.4 Å². The summed E-state index contributed by atoms with van der Waals surface area (Å²) < 4.78 is 13.5. The Morgan fingerprint density at radius 2 is 1.91 bits per heavy atom. The van der Waals surface area contributed by atoms with Gasteiger partial charge >= 0.3 is 0 Å². The summed E-state index contributed by atoms with van der Waals surface area (Å²) in [4.78, 5) is 4.55. The molecule has 32 heavy (non-hydrogen) atoms. The molecule has 7 heteroatoms. The van der Waals surface area contributed by atoms with Gasteiger partial charge in [-0.15, -0.1) is 5.10 Å². The zero-order valence-electron chi connectivity index (χ0n) is 18.0. The monoisotopic (exact) mass is 427 g/mol. The Hall–Kier alpha value is -3.58. The van der Waals surface area contributed by atoms with Gasteiger partial charge in [0.15, 0.2) is 0 Å². The highest BCUT2D eigenvalue weighted by Gasteiger charge is 2.20. The highest BCUT2D eigenvalue weighted by Crippen LogP contribution is 2.37. The van der Waals surface area contributed by atoms with Crippen LogP contribution in [0.3, 0.4) is 0 Å². The third kappa shape index (κ3) is 3.26. The number of hydrogen-bond donors (Lipinski definition) is 2. The van der Waals surface area contributed by atoms with E-state index in [4.69, 9.17) is 14.6 Å². The van der Waals surface area contributed by atoms with Gasteiger partial charge in [-0.1, -0.05) is 12.1 Å². The maximum Gasteiger partial charge on any atom is 0.245 e. The van der Waals surface area contributed by atoms with Crippen molar-refractivity contribution in [2.24, 2.45) is 0 Å². The topological polar surface area (TPSA) is 72.7 Å². The van der Waals surface area contributed by atoms with Crippen molar-refractivity contribution in [2.45, 2.75) is 19.3 Å². The predicted molar refractivity (Wildman–Crippen MR) is 124 cm³/mol. The van der Waals surface area contributed by atoms with E-state index >= 15 is 0 Å². The van der Waals surface area contributed by atoms with Crippen molar-refractivity contribution >= 4 is 17.2 Å². The fourth-order valence-electron chi connectivity index (χ4n) is 4.67. The quantitative estimate of drug-likeness (QED) is 0.517. The molecule has 0 atom stereocenters. The number of rotatable bonds is 4. The van der Waals surface area contributed by atoms with Crippen molar-refractivity contribution < 1.29 is 9.47 Å². The Balaban J connectivity index is 1.39. The molecule has 4 aromatic rings. The van der Waals surface area contributed by atoms with Crippen molar-refractivity contribution in [3.8, 4) is 22.8 Å². The average Bonchev–Trinajstić information content (AvgIpc) is 3.40. The van der Waals surface area contributed by atoms with Crippen molar-refractivity contribution in [1.82, 2.24) is 19.9 Å². The second kappa shape index (κ2) is 7.84. The van der Waals surface area contributed by atoms with Gasteiger partial charge in [-0.2, -0.15) is 0 Å². The van der Waals surface area contributed by atoms with Crippen LogP contribution < -0.4 is 20.1 Å². The number of ether oxygens (including phenoxy) is 2. The normalized spacial score (nSPS) is 15.0. The molecule has 2 aliphatic rings. The lowest BCUT2D eigenvalue weighted by atomic mass is 10.0. The van der Waals surface area contributed by atoms with E-state index in [0.29, 0.717) is 5.95 Å². The van der Waals surface area contributed by atoms with Gasteiger partial charge in [-0.05, 0) is 73.0 Å².